The van der Waals surface area contributed by atoms with Crippen molar-refractivity contribution >= 4 is 5.78 Å². The molecule has 0 spiro atoms. The molecule has 4 nitrogen and oxygen atoms in total. The van der Waals surface area contributed by atoms with E-state index in [0.29, 0.717) is 5.92 Å². The Labute approximate surface area is 126 Å². The Morgan fingerprint density at radius 1 is 1.14 bits per heavy atom. The van der Waals surface area contributed by atoms with Crippen LogP contribution in [0.2, 0.25) is 0 Å². The summed E-state index contributed by atoms with van der Waals surface area (Å²) in [4.78, 5) is 16.8. The number of nitrogens with zero attached hydrogens (tertiary/aromatic N) is 3. The highest BCUT2D eigenvalue weighted by Crippen LogP contribution is 2.15. The molecule has 0 atom stereocenters. The molecule has 2 aromatic rings. The molecule has 1 aromatic carbocycles. The third-order valence-electron chi connectivity index (χ3n) is 3.62. The average Bonchev–Trinajstić information content (AvgIpc) is 2.89. The molecule has 2 rings (SSSR count). The highest BCUT2D eigenvalue weighted by molar-refractivity contribution is 5.95. The van der Waals surface area contributed by atoms with Gasteiger partial charge in [-0.15, -0.1) is 0 Å². The van der Waals surface area contributed by atoms with E-state index in [2.05, 4.69) is 23.9 Å². The number of benzene rings is 1. The lowest BCUT2D eigenvalue weighted by molar-refractivity contribution is 0.0966. The second-order valence-corrected chi connectivity index (χ2v) is 5.51. The number of rotatable bonds is 6. The van der Waals surface area contributed by atoms with Gasteiger partial charge >= 0.3 is 0 Å². The minimum absolute atomic E-state index is 0.0764. The van der Waals surface area contributed by atoms with Crippen molar-refractivity contribution in [3.63, 3.8) is 0 Å². The molecule has 0 saturated heterocycles. The highest BCUT2D eigenvalue weighted by atomic mass is 16.1. The fraction of sp³-hybridized carbons (Fsp3) is 0.471. The first-order valence-electron chi connectivity index (χ1n) is 7.60. The van der Waals surface area contributed by atoms with Crippen LogP contribution in [0.3, 0.4) is 0 Å². The molecule has 21 heavy (non-hydrogen) atoms. The van der Waals surface area contributed by atoms with Crippen molar-refractivity contribution in [2.45, 2.75) is 53.0 Å². The fourth-order valence-electron chi connectivity index (χ4n) is 2.25. The standard InChI is InChI=1S/C17H23N3O/c1-5-16-18-17(6-2)20(19-16)11-15(21)14-9-7-13(8-10-14)12(3)4/h7-10,12H,5-6,11H2,1-4H3. The smallest absolute Gasteiger partial charge is 0.184 e. The number of Topliss-reactive ketones (excluding diaryl/α,β-unsaturated/α-hetero) is 1. The number of hydrogen-bond acceptors (Lipinski definition) is 3. The van der Waals surface area contributed by atoms with Gasteiger partial charge in [-0.3, -0.25) is 4.79 Å². The number of hydrogen-bond donors (Lipinski definition) is 0. The lowest BCUT2D eigenvalue weighted by atomic mass is 10.0. The van der Waals surface area contributed by atoms with Gasteiger partial charge in [0, 0.05) is 18.4 Å². The van der Waals surface area contributed by atoms with Crippen LogP contribution in [0.4, 0.5) is 0 Å². The molecule has 0 N–H and O–H groups in total. The van der Waals surface area contributed by atoms with Gasteiger partial charge in [0.1, 0.15) is 12.4 Å². The average molecular weight is 285 g/mol. The molecule has 0 aliphatic heterocycles. The SMILES string of the molecule is CCc1nc(CC)n(CC(=O)c2ccc(C(C)C)cc2)n1. The summed E-state index contributed by atoms with van der Waals surface area (Å²) in [7, 11) is 0. The summed E-state index contributed by atoms with van der Waals surface area (Å²) in [6.45, 7) is 8.60. The number of aryl methyl sites for hydroxylation is 2. The van der Waals surface area contributed by atoms with Crippen LogP contribution in [0.5, 0.6) is 0 Å². The van der Waals surface area contributed by atoms with E-state index in [9.17, 15) is 4.79 Å². The fourth-order valence-corrected chi connectivity index (χ4v) is 2.25. The topological polar surface area (TPSA) is 47.8 Å². The van der Waals surface area contributed by atoms with E-state index in [0.717, 1.165) is 30.1 Å². The van der Waals surface area contributed by atoms with Crippen molar-refractivity contribution in [3.8, 4) is 0 Å². The van der Waals surface area contributed by atoms with Gasteiger partial charge in [-0.05, 0) is 11.5 Å². The maximum absolute atomic E-state index is 12.4. The van der Waals surface area contributed by atoms with Crippen molar-refractivity contribution in [2.75, 3.05) is 0 Å². The Morgan fingerprint density at radius 2 is 1.81 bits per heavy atom. The summed E-state index contributed by atoms with van der Waals surface area (Å²) in [6.07, 6.45) is 1.57. The van der Waals surface area contributed by atoms with Crippen LogP contribution in [-0.4, -0.2) is 20.5 Å². The van der Waals surface area contributed by atoms with E-state index in [1.165, 1.54) is 5.56 Å². The zero-order chi connectivity index (χ0) is 15.4. The third kappa shape index (κ3) is 3.57. The van der Waals surface area contributed by atoms with Crippen LogP contribution in [-0.2, 0) is 19.4 Å². The first kappa shape index (κ1) is 15.4. The van der Waals surface area contributed by atoms with Crippen LogP contribution in [0.1, 0.15) is 61.2 Å². The van der Waals surface area contributed by atoms with Crippen LogP contribution in [0, 0.1) is 0 Å². The van der Waals surface area contributed by atoms with Crippen molar-refractivity contribution in [3.05, 3.63) is 47.0 Å². The Hall–Kier alpha value is -1.97. The van der Waals surface area contributed by atoms with Crippen LogP contribution >= 0.6 is 0 Å². The Morgan fingerprint density at radius 3 is 2.33 bits per heavy atom. The molecule has 0 aliphatic rings. The van der Waals surface area contributed by atoms with Crippen LogP contribution in [0.15, 0.2) is 24.3 Å². The molecular weight excluding hydrogens is 262 g/mol. The Kier molecular flexibility index (Phi) is 4.89. The van der Waals surface area contributed by atoms with Crippen LogP contribution in [0.25, 0.3) is 0 Å². The van der Waals surface area contributed by atoms with Gasteiger partial charge < -0.3 is 0 Å². The van der Waals surface area contributed by atoms with Gasteiger partial charge in [-0.1, -0.05) is 52.0 Å². The summed E-state index contributed by atoms with van der Waals surface area (Å²) in [5, 5.41) is 4.40. The number of carbonyl (C=O) groups excluding carboxylic acids is 1. The van der Waals surface area contributed by atoms with Crippen LogP contribution < -0.4 is 0 Å². The molecule has 0 radical (unpaired) electrons. The number of aromatic nitrogens is 3. The van der Waals surface area contributed by atoms with Gasteiger partial charge in [0.05, 0.1) is 0 Å². The summed E-state index contributed by atoms with van der Waals surface area (Å²) >= 11 is 0. The number of ketones is 1. The molecule has 0 amide bonds. The van der Waals surface area contributed by atoms with Gasteiger partial charge in [0.15, 0.2) is 11.6 Å². The summed E-state index contributed by atoms with van der Waals surface area (Å²) in [5.41, 5.74) is 1.98. The zero-order valence-electron chi connectivity index (χ0n) is 13.3. The van der Waals surface area contributed by atoms with Gasteiger partial charge in [-0.2, -0.15) is 5.10 Å². The predicted molar refractivity (Wildman–Crippen MR) is 83.6 cm³/mol. The molecule has 0 unspecified atom stereocenters. The second kappa shape index (κ2) is 6.66. The van der Waals surface area contributed by atoms with E-state index < -0.39 is 0 Å². The summed E-state index contributed by atoms with van der Waals surface area (Å²) < 4.78 is 1.73. The molecular formula is C17H23N3O. The third-order valence-corrected chi connectivity index (χ3v) is 3.62. The maximum Gasteiger partial charge on any atom is 0.184 e. The lowest BCUT2D eigenvalue weighted by Crippen LogP contribution is -2.14. The zero-order valence-corrected chi connectivity index (χ0v) is 13.3. The number of carbonyl (C=O) groups is 1. The molecule has 0 saturated carbocycles. The minimum Gasteiger partial charge on any atom is -0.292 e. The first-order valence-corrected chi connectivity index (χ1v) is 7.60. The van der Waals surface area contributed by atoms with Gasteiger partial charge in [0.25, 0.3) is 0 Å². The Bertz CT molecular complexity index is 611. The maximum atomic E-state index is 12.4. The van der Waals surface area contributed by atoms with Gasteiger partial charge in [0.2, 0.25) is 0 Å². The normalized spacial score (nSPS) is 11.1. The molecule has 0 aliphatic carbocycles. The first-order chi connectivity index (χ1) is 10.0. The molecule has 4 heteroatoms. The van der Waals surface area contributed by atoms with E-state index in [4.69, 9.17) is 0 Å². The summed E-state index contributed by atoms with van der Waals surface area (Å²) in [6, 6.07) is 7.86. The monoisotopic (exact) mass is 285 g/mol. The van der Waals surface area contributed by atoms with Crippen molar-refractivity contribution in [1.82, 2.24) is 14.8 Å². The molecule has 1 aromatic heterocycles. The van der Waals surface area contributed by atoms with E-state index >= 15 is 0 Å². The second-order valence-electron chi connectivity index (χ2n) is 5.51. The van der Waals surface area contributed by atoms with Crippen molar-refractivity contribution < 1.29 is 4.79 Å². The van der Waals surface area contributed by atoms with E-state index in [-0.39, 0.29) is 12.3 Å². The van der Waals surface area contributed by atoms with E-state index in [1.54, 1.807) is 4.68 Å². The molecule has 112 valence electrons. The predicted octanol–water partition coefficient (Wildman–Crippen LogP) is 3.41. The Balaban J connectivity index is 2.15. The van der Waals surface area contributed by atoms with Crippen molar-refractivity contribution in [1.29, 1.82) is 0 Å². The molecule has 1 heterocycles. The molecule has 0 bridgehead atoms. The van der Waals surface area contributed by atoms with E-state index in [1.807, 2.05) is 38.1 Å². The molecule has 0 fully saturated rings. The van der Waals surface area contributed by atoms with Crippen molar-refractivity contribution in [2.24, 2.45) is 0 Å². The lowest BCUT2D eigenvalue weighted by Gasteiger charge is -2.07. The summed E-state index contributed by atoms with van der Waals surface area (Å²) in [5.74, 6) is 2.23. The minimum atomic E-state index is 0.0764. The largest absolute Gasteiger partial charge is 0.292 e. The van der Waals surface area contributed by atoms with Gasteiger partial charge in [-0.25, -0.2) is 9.67 Å². The highest BCUT2D eigenvalue weighted by Gasteiger charge is 2.13. The quantitative estimate of drug-likeness (QED) is 0.764.